The lowest BCUT2D eigenvalue weighted by Gasteiger charge is -2.36. The maximum Gasteiger partial charge on any atom is 0.293 e. The van der Waals surface area contributed by atoms with Crippen LogP contribution in [-0.4, -0.2) is 32.1 Å². The predicted molar refractivity (Wildman–Crippen MR) is 96.6 cm³/mol. The van der Waals surface area contributed by atoms with Gasteiger partial charge in [-0.2, -0.15) is 0 Å². The highest BCUT2D eigenvalue weighted by Gasteiger charge is 2.34. The van der Waals surface area contributed by atoms with Gasteiger partial charge in [0.05, 0.1) is 11.7 Å². The molecule has 26 heavy (non-hydrogen) atoms. The molecule has 3 aromatic rings. The van der Waals surface area contributed by atoms with Gasteiger partial charge >= 0.3 is 0 Å². The molecular weight excluding hydrogens is 328 g/mol. The molecule has 0 bridgehead atoms. The fourth-order valence-electron chi connectivity index (χ4n) is 3.56. The summed E-state index contributed by atoms with van der Waals surface area (Å²) in [6.45, 7) is 5.61. The number of carbonyl (C=O) groups is 1. The lowest BCUT2D eigenvalue weighted by atomic mass is 10.0. The van der Waals surface area contributed by atoms with Crippen molar-refractivity contribution in [3.63, 3.8) is 0 Å². The standard InChI is InChI=1S/C20H22N4O2/c1-14(2)11-16-12-18(26-22-16)20(25)24-10-9-23-8-4-6-17(23)19(24)15-5-3-7-21-13-15/h3-8,12-14,19H,9-11H2,1-2H3. The first kappa shape index (κ1) is 16.6. The van der Waals surface area contributed by atoms with E-state index >= 15 is 0 Å². The Bertz CT molecular complexity index is 897. The highest BCUT2D eigenvalue weighted by molar-refractivity contribution is 5.92. The van der Waals surface area contributed by atoms with Crippen LogP contribution in [0.4, 0.5) is 0 Å². The molecule has 0 aliphatic carbocycles. The van der Waals surface area contributed by atoms with Crippen LogP contribution in [0.1, 0.15) is 47.4 Å². The van der Waals surface area contributed by atoms with Gasteiger partial charge in [0.15, 0.2) is 0 Å². The third kappa shape index (κ3) is 3.03. The predicted octanol–water partition coefficient (Wildman–Crippen LogP) is 3.32. The average molecular weight is 350 g/mol. The molecule has 4 rings (SSSR count). The summed E-state index contributed by atoms with van der Waals surface area (Å²) >= 11 is 0. The molecule has 3 aromatic heterocycles. The molecule has 0 N–H and O–H groups in total. The summed E-state index contributed by atoms with van der Waals surface area (Å²) in [6, 6.07) is 9.57. The van der Waals surface area contributed by atoms with Gasteiger partial charge in [0.1, 0.15) is 0 Å². The fourth-order valence-corrected chi connectivity index (χ4v) is 3.56. The third-order valence-corrected chi connectivity index (χ3v) is 4.69. The highest BCUT2D eigenvalue weighted by atomic mass is 16.5. The first-order chi connectivity index (χ1) is 12.6. The SMILES string of the molecule is CC(C)Cc1cc(C(=O)N2CCn3cccc3C2c2cccnc2)on1. The van der Waals surface area contributed by atoms with Crippen molar-refractivity contribution in [1.82, 2.24) is 19.6 Å². The third-order valence-electron chi connectivity index (χ3n) is 4.69. The summed E-state index contributed by atoms with van der Waals surface area (Å²) in [6.07, 6.45) is 6.41. The second kappa shape index (κ2) is 6.78. The molecule has 1 aliphatic heterocycles. The number of rotatable bonds is 4. The van der Waals surface area contributed by atoms with Crippen molar-refractivity contribution in [2.24, 2.45) is 5.92 Å². The van der Waals surface area contributed by atoms with E-state index in [1.165, 1.54) is 0 Å². The van der Waals surface area contributed by atoms with Crippen molar-refractivity contribution in [1.29, 1.82) is 0 Å². The normalized spacial score (nSPS) is 16.7. The number of pyridine rings is 1. The molecule has 6 nitrogen and oxygen atoms in total. The van der Waals surface area contributed by atoms with Crippen LogP contribution in [0.3, 0.4) is 0 Å². The summed E-state index contributed by atoms with van der Waals surface area (Å²) in [5.74, 6) is 0.632. The minimum Gasteiger partial charge on any atom is -0.351 e. The van der Waals surface area contributed by atoms with Gasteiger partial charge in [0.2, 0.25) is 5.76 Å². The molecule has 1 aliphatic rings. The van der Waals surface area contributed by atoms with Crippen LogP contribution in [0, 0.1) is 5.92 Å². The van der Waals surface area contributed by atoms with E-state index < -0.39 is 0 Å². The molecule has 0 aromatic carbocycles. The van der Waals surface area contributed by atoms with Crippen LogP contribution < -0.4 is 0 Å². The molecule has 1 amide bonds. The minimum absolute atomic E-state index is 0.131. The van der Waals surface area contributed by atoms with E-state index in [9.17, 15) is 4.79 Å². The van der Waals surface area contributed by atoms with Crippen molar-refractivity contribution < 1.29 is 9.32 Å². The fraction of sp³-hybridized carbons (Fsp3) is 0.350. The number of nitrogens with zero attached hydrogens (tertiary/aromatic N) is 4. The summed E-state index contributed by atoms with van der Waals surface area (Å²) in [5, 5.41) is 4.06. The van der Waals surface area contributed by atoms with Crippen molar-refractivity contribution >= 4 is 5.91 Å². The molecule has 134 valence electrons. The Kier molecular flexibility index (Phi) is 4.32. The van der Waals surface area contributed by atoms with Crippen LogP contribution in [0.25, 0.3) is 0 Å². The molecule has 0 saturated heterocycles. The Balaban J connectivity index is 1.68. The molecule has 4 heterocycles. The topological polar surface area (TPSA) is 64.2 Å². The Morgan fingerprint density at radius 3 is 2.96 bits per heavy atom. The molecule has 0 radical (unpaired) electrons. The summed E-state index contributed by atoms with van der Waals surface area (Å²) in [7, 11) is 0. The average Bonchev–Trinajstić information content (AvgIpc) is 3.29. The van der Waals surface area contributed by atoms with Crippen molar-refractivity contribution in [2.45, 2.75) is 32.9 Å². The van der Waals surface area contributed by atoms with E-state index in [4.69, 9.17) is 4.52 Å². The zero-order valence-electron chi connectivity index (χ0n) is 15.0. The van der Waals surface area contributed by atoms with E-state index in [0.717, 1.165) is 29.9 Å². The summed E-state index contributed by atoms with van der Waals surface area (Å²) < 4.78 is 7.56. The largest absolute Gasteiger partial charge is 0.351 e. The number of fused-ring (bicyclic) bond motifs is 1. The van der Waals surface area contributed by atoms with Gasteiger partial charge in [-0.25, -0.2) is 0 Å². The molecule has 1 atom stereocenters. The number of amides is 1. The molecular formula is C20H22N4O2. The number of hydrogen-bond donors (Lipinski definition) is 0. The van der Waals surface area contributed by atoms with E-state index in [2.05, 4.69) is 40.8 Å². The van der Waals surface area contributed by atoms with Crippen molar-refractivity contribution in [3.8, 4) is 0 Å². The first-order valence-corrected chi connectivity index (χ1v) is 8.95. The van der Waals surface area contributed by atoms with Crippen LogP contribution in [-0.2, 0) is 13.0 Å². The van der Waals surface area contributed by atoms with E-state index in [1.807, 2.05) is 29.3 Å². The zero-order chi connectivity index (χ0) is 18.1. The van der Waals surface area contributed by atoms with Gasteiger partial charge in [0, 0.05) is 43.4 Å². The molecule has 0 fully saturated rings. The van der Waals surface area contributed by atoms with Crippen LogP contribution in [0.2, 0.25) is 0 Å². The summed E-state index contributed by atoms with van der Waals surface area (Å²) in [4.78, 5) is 19.3. The monoisotopic (exact) mass is 350 g/mol. The van der Waals surface area contributed by atoms with Gasteiger partial charge in [-0.3, -0.25) is 9.78 Å². The van der Waals surface area contributed by atoms with Gasteiger partial charge in [-0.15, -0.1) is 0 Å². The lowest BCUT2D eigenvalue weighted by molar-refractivity contribution is 0.0621. The van der Waals surface area contributed by atoms with E-state index in [0.29, 0.717) is 18.2 Å². The maximum absolute atomic E-state index is 13.2. The Morgan fingerprint density at radius 2 is 2.19 bits per heavy atom. The number of aromatic nitrogens is 3. The van der Waals surface area contributed by atoms with Crippen molar-refractivity contribution in [3.05, 3.63) is 71.6 Å². The van der Waals surface area contributed by atoms with Crippen molar-refractivity contribution in [2.75, 3.05) is 6.54 Å². The van der Waals surface area contributed by atoms with Crippen LogP contribution in [0.15, 0.2) is 53.4 Å². The van der Waals surface area contributed by atoms with Crippen LogP contribution >= 0.6 is 0 Å². The highest BCUT2D eigenvalue weighted by Crippen LogP contribution is 2.33. The Labute approximate surface area is 152 Å². The first-order valence-electron chi connectivity index (χ1n) is 8.95. The lowest BCUT2D eigenvalue weighted by Crippen LogP contribution is -2.42. The van der Waals surface area contributed by atoms with E-state index in [1.54, 1.807) is 12.3 Å². The molecule has 0 spiro atoms. The quantitative estimate of drug-likeness (QED) is 0.724. The zero-order valence-corrected chi connectivity index (χ0v) is 15.0. The maximum atomic E-state index is 13.2. The second-order valence-corrected chi connectivity index (χ2v) is 7.09. The molecule has 1 unspecified atom stereocenters. The van der Waals surface area contributed by atoms with Gasteiger partial charge in [-0.05, 0) is 36.1 Å². The van der Waals surface area contributed by atoms with Gasteiger partial charge < -0.3 is 14.0 Å². The summed E-state index contributed by atoms with van der Waals surface area (Å²) in [5.41, 5.74) is 2.89. The van der Waals surface area contributed by atoms with E-state index in [-0.39, 0.29) is 11.9 Å². The molecule has 0 saturated carbocycles. The van der Waals surface area contributed by atoms with Gasteiger partial charge in [0.25, 0.3) is 5.91 Å². The van der Waals surface area contributed by atoms with Crippen LogP contribution in [0.5, 0.6) is 0 Å². The second-order valence-electron chi connectivity index (χ2n) is 7.09. The Hall–Kier alpha value is -2.89. The number of hydrogen-bond acceptors (Lipinski definition) is 4. The smallest absolute Gasteiger partial charge is 0.293 e. The van der Waals surface area contributed by atoms with Gasteiger partial charge in [-0.1, -0.05) is 25.1 Å². The molecule has 6 heteroatoms. The Morgan fingerprint density at radius 1 is 1.31 bits per heavy atom. The minimum atomic E-state index is -0.182. The number of carbonyl (C=O) groups excluding carboxylic acids is 1.